The molecular weight excluding hydrogens is 384 g/mol. The van der Waals surface area contributed by atoms with Crippen molar-refractivity contribution in [1.82, 2.24) is 9.80 Å². The van der Waals surface area contributed by atoms with Crippen LogP contribution in [0.5, 0.6) is 0 Å². The minimum absolute atomic E-state index is 0.00351. The lowest BCUT2D eigenvalue weighted by Gasteiger charge is -2.70. The Kier molecular flexibility index (Phi) is 6.46. The maximum atomic E-state index is 13.0. The van der Waals surface area contributed by atoms with Crippen LogP contribution in [0.4, 0.5) is 4.79 Å². The molecule has 176 valence electrons. The summed E-state index contributed by atoms with van der Waals surface area (Å²) in [6.07, 6.45) is -0.854. The first-order chi connectivity index (χ1) is 13.8. The van der Waals surface area contributed by atoms with Crippen LogP contribution in [-0.2, 0) is 5.54 Å². The summed E-state index contributed by atoms with van der Waals surface area (Å²) in [4.78, 5) is 17.4. The molecule has 1 heterocycles. The third-order valence-corrected chi connectivity index (χ3v) is 6.97. The van der Waals surface area contributed by atoms with Gasteiger partial charge in [-0.05, 0) is 57.9 Å². The highest BCUT2D eigenvalue weighted by Gasteiger charge is 2.66. The van der Waals surface area contributed by atoms with Gasteiger partial charge in [0, 0.05) is 29.6 Å². The number of nitrogens with zero attached hydrogens (tertiary/aromatic N) is 2. The Bertz CT molecular complexity index is 775. The van der Waals surface area contributed by atoms with Crippen LogP contribution in [-0.4, -0.2) is 44.7 Å². The molecule has 1 aromatic carbocycles. The SMILES string of the molecule is CC(C)(C)C1C(C(c2ccccc2)(N(C(=O)O)C(C)(C)C)C(C)(C)C)CN1C(C)(C)C. The maximum Gasteiger partial charge on any atom is 0.408 e. The fourth-order valence-electron chi connectivity index (χ4n) is 6.12. The van der Waals surface area contributed by atoms with Crippen LogP contribution in [0.3, 0.4) is 0 Å². The lowest BCUT2D eigenvalue weighted by atomic mass is 9.52. The van der Waals surface area contributed by atoms with Gasteiger partial charge >= 0.3 is 6.09 Å². The Hall–Kier alpha value is -1.55. The van der Waals surface area contributed by atoms with Crippen LogP contribution in [0.2, 0.25) is 0 Å². The summed E-state index contributed by atoms with van der Waals surface area (Å²) < 4.78 is 0. The lowest BCUT2D eigenvalue weighted by molar-refractivity contribution is -0.201. The van der Waals surface area contributed by atoms with Crippen LogP contribution >= 0.6 is 0 Å². The van der Waals surface area contributed by atoms with E-state index >= 15 is 0 Å². The molecule has 1 aromatic rings. The van der Waals surface area contributed by atoms with Crippen LogP contribution in [0, 0.1) is 16.7 Å². The summed E-state index contributed by atoms with van der Waals surface area (Å²) in [5.74, 6) is 0.157. The minimum Gasteiger partial charge on any atom is -0.465 e. The lowest BCUT2D eigenvalue weighted by Crippen LogP contribution is -2.78. The van der Waals surface area contributed by atoms with Crippen molar-refractivity contribution in [3.05, 3.63) is 35.9 Å². The third kappa shape index (κ3) is 4.37. The first-order valence-electron chi connectivity index (χ1n) is 11.6. The van der Waals surface area contributed by atoms with Gasteiger partial charge in [0.2, 0.25) is 0 Å². The molecule has 0 aromatic heterocycles. The van der Waals surface area contributed by atoms with Crippen molar-refractivity contribution in [1.29, 1.82) is 0 Å². The molecule has 1 fully saturated rings. The molecule has 0 spiro atoms. The van der Waals surface area contributed by atoms with Gasteiger partial charge in [-0.1, -0.05) is 71.9 Å². The van der Waals surface area contributed by atoms with Gasteiger partial charge < -0.3 is 5.11 Å². The average molecular weight is 431 g/mol. The van der Waals surface area contributed by atoms with Gasteiger partial charge in [-0.15, -0.1) is 0 Å². The van der Waals surface area contributed by atoms with Crippen molar-refractivity contribution in [2.75, 3.05) is 6.54 Å². The van der Waals surface area contributed by atoms with Crippen molar-refractivity contribution in [3.8, 4) is 0 Å². The van der Waals surface area contributed by atoms with Crippen molar-refractivity contribution in [2.45, 2.75) is 106 Å². The second kappa shape index (κ2) is 7.79. The highest BCUT2D eigenvalue weighted by Crippen LogP contribution is 2.59. The molecule has 0 aliphatic carbocycles. The number of amides is 1. The number of carboxylic acid groups (broad SMARTS) is 1. The molecular formula is C27H46N2O2. The van der Waals surface area contributed by atoms with Crippen LogP contribution < -0.4 is 0 Å². The number of rotatable bonds is 3. The van der Waals surface area contributed by atoms with Gasteiger partial charge in [-0.25, -0.2) is 4.79 Å². The van der Waals surface area contributed by atoms with E-state index in [4.69, 9.17) is 0 Å². The number of hydrogen-bond acceptors (Lipinski definition) is 2. The van der Waals surface area contributed by atoms with Crippen LogP contribution in [0.15, 0.2) is 30.3 Å². The monoisotopic (exact) mass is 430 g/mol. The van der Waals surface area contributed by atoms with Gasteiger partial charge in [0.15, 0.2) is 0 Å². The Morgan fingerprint density at radius 3 is 1.71 bits per heavy atom. The maximum absolute atomic E-state index is 13.0. The molecule has 0 radical (unpaired) electrons. The van der Waals surface area contributed by atoms with Crippen molar-refractivity contribution in [2.24, 2.45) is 16.7 Å². The molecule has 4 nitrogen and oxygen atoms in total. The van der Waals surface area contributed by atoms with E-state index in [2.05, 4.69) is 79.3 Å². The molecule has 1 amide bonds. The van der Waals surface area contributed by atoms with E-state index in [1.165, 1.54) is 0 Å². The standard InChI is InChI=1S/C27H46N2O2/c1-23(2,3)21-20(18-28(21)25(7,8)9)27(24(4,5)6,19-16-14-13-15-17-19)29(22(30)31)26(10,11)12/h13-17,20-21H,18H2,1-12H3,(H,30,31). The van der Waals surface area contributed by atoms with E-state index < -0.39 is 17.2 Å². The fourth-order valence-corrected chi connectivity index (χ4v) is 6.12. The zero-order chi connectivity index (χ0) is 24.2. The molecule has 3 atom stereocenters. The van der Waals surface area contributed by atoms with Crippen molar-refractivity contribution >= 4 is 6.09 Å². The van der Waals surface area contributed by atoms with E-state index in [1.807, 2.05) is 39.0 Å². The van der Waals surface area contributed by atoms with Gasteiger partial charge in [0.1, 0.15) is 0 Å². The smallest absolute Gasteiger partial charge is 0.408 e. The Morgan fingerprint density at radius 1 is 0.903 bits per heavy atom. The van der Waals surface area contributed by atoms with Gasteiger partial charge in [0.25, 0.3) is 0 Å². The zero-order valence-corrected chi connectivity index (χ0v) is 22.0. The van der Waals surface area contributed by atoms with E-state index in [-0.39, 0.29) is 28.3 Å². The second-order valence-corrected chi connectivity index (χ2v) is 13.4. The fraction of sp³-hybridized carbons (Fsp3) is 0.741. The molecule has 4 heteroatoms. The molecule has 1 N–H and O–H groups in total. The van der Waals surface area contributed by atoms with Gasteiger partial charge in [-0.3, -0.25) is 9.80 Å². The predicted octanol–water partition coefficient (Wildman–Crippen LogP) is 6.85. The normalized spacial score (nSPS) is 23.1. The summed E-state index contributed by atoms with van der Waals surface area (Å²) in [5, 5.41) is 10.7. The molecule has 2 rings (SSSR count). The molecule has 1 aliphatic heterocycles. The molecule has 1 saturated heterocycles. The van der Waals surface area contributed by atoms with E-state index in [9.17, 15) is 9.90 Å². The quantitative estimate of drug-likeness (QED) is 0.570. The van der Waals surface area contributed by atoms with E-state index in [0.29, 0.717) is 0 Å². The number of hydrogen-bond donors (Lipinski definition) is 1. The van der Waals surface area contributed by atoms with Crippen molar-refractivity contribution in [3.63, 3.8) is 0 Å². The predicted molar refractivity (Wildman–Crippen MR) is 130 cm³/mol. The van der Waals surface area contributed by atoms with Crippen LogP contribution in [0.25, 0.3) is 0 Å². The number of likely N-dealkylation sites (tertiary alicyclic amines) is 1. The first kappa shape index (κ1) is 25.7. The van der Waals surface area contributed by atoms with Gasteiger partial charge in [0.05, 0.1) is 5.54 Å². The van der Waals surface area contributed by atoms with Gasteiger partial charge in [-0.2, -0.15) is 0 Å². The zero-order valence-electron chi connectivity index (χ0n) is 22.0. The van der Waals surface area contributed by atoms with Crippen LogP contribution in [0.1, 0.15) is 88.6 Å². The molecule has 0 bridgehead atoms. The molecule has 3 unspecified atom stereocenters. The summed E-state index contributed by atoms with van der Waals surface area (Å²) >= 11 is 0. The molecule has 31 heavy (non-hydrogen) atoms. The first-order valence-corrected chi connectivity index (χ1v) is 11.6. The van der Waals surface area contributed by atoms with E-state index in [1.54, 1.807) is 4.90 Å². The Labute approximate surface area is 191 Å². The Balaban J connectivity index is 2.93. The van der Waals surface area contributed by atoms with E-state index in [0.717, 1.165) is 12.1 Å². The third-order valence-electron chi connectivity index (χ3n) is 6.97. The molecule has 0 saturated carbocycles. The average Bonchev–Trinajstić information content (AvgIpc) is 2.47. The minimum atomic E-state index is -0.854. The second-order valence-electron chi connectivity index (χ2n) is 13.4. The topological polar surface area (TPSA) is 43.8 Å². The van der Waals surface area contributed by atoms with Crippen molar-refractivity contribution < 1.29 is 9.90 Å². The summed E-state index contributed by atoms with van der Waals surface area (Å²) in [6, 6.07) is 10.6. The Morgan fingerprint density at radius 2 is 1.39 bits per heavy atom. The highest BCUT2D eigenvalue weighted by molar-refractivity contribution is 5.68. The summed E-state index contributed by atoms with van der Waals surface area (Å²) in [7, 11) is 0. The number of benzene rings is 1. The summed E-state index contributed by atoms with van der Waals surface area (Å²) in [5.41, 5.74) is -0.447. The highest BCUT2D eigenvalue weighted by atomic mass is 16.4. The summed E-state index contributed by atoms with van der Waals surface area (Å²) in [6.45, 7) is 27.3. The molecule has 1 aliphatic rings. The largest absolute Gasteiger partial charge is 0.465 e. The number of carbonyl (C=O) groups is 1.